The van der Waals surface area contributed by atoms with Crippen molar-refractivity contribution < 1.29 is 9.59 Å². The number of carbonyl (C=O) groups is 2. The number of hydrogen-bond donors (Lipinski definition) is 3. The van der Waals surface area contributed by atoms with Crippen LogP contribution in [0.4, 0.5) is 0 Å². The fraction of sp³-hybridized carbons (Fsp3) is 0.625. The maximum absolute atomic E-state index is 12.1. The maximum Gasteiger partial charge on any atom is 0.238 e. The van der Waals surface area contributed by atoms with Gasteiger partial charge in [-0.05, 0) is 37.9 Å². The zero-order valence-electron chi connectivity index (χ0n) is 13.4. The Kier molecular flexibility index (Phi) is 5.30. The van der Waals surface area contributed by atoms with E-state index >= 15 is 0 Å². The largest absolute Gasteiger partial charge is 0.353 e. The minimum absolute atomic E-state index is 0.0727. The smallest absolute Gasteiger partial charge is 0.238 e. The van der Waals surface area contributed by atoms with Crippen molar-refractivity contribution in [3.05, 3.63) is 22.4 Å². The van der Waals surface area contributed by atoms with Gasteiger partial charge >= 0.3 is 0 Å². The second-order valence-corrected chi connectivity index (χ2v) is 7.28. The molecule has 0 aromatic carbocycles. The van der Waals surface area contributed by atoms with Gasteiger partial charge < -0.3 is 16.0 Å². The Bertz CT molecular complexity index is 548. The van der Waals surface area contributed by atoms with Crippen LogP contribution in [0, 0.1) is 0 Å². The highest BCUT2D eigenvalue weighted by atomic mass is 32.1. The van der Waals surface area contributed by atoms with Crippen LogP contribution in [0.5, 0.6) is 0 Å². The third-order valence-electron chi connectivity index (χ3n) is 4.83. The molecule has 0 spiro atoms. The van der Waals surface area contributed by atoms with Crippen molar-refractivity contribution in [3.8, 4) is 0 Å². The summed E-state index contributed by atoms with van der Waals surface area (Å²) in [5.41, 5.74) is 0. The highest BCUT2D eigenvalue weighted by Crippen LogP contribution is 2.21. The van der Waals surface area contributed by atoms with Crippen molar-refractivity contribution >= 4 is 23.2 Å². The summed E-state index contributed by atoms with van der Waals surface area (Å²) in [6, 6.07) is 4.34. The summed E-state index contributed by atoms with van der Waals surface area (Å²) in [7, 11) is 2.07. The summed E-state index contributed by atoms with van der Waals surface area (Å²) in [5.74, 6) is 0.160. The van der Waals surface area contributed by atoms with E-state index in [-0.39, 0.29) is 29.9 Å². The van der Waals surface area contributed by atoms with E-state index in [0.717, 1.165) is 24.3 Å². The van der Waals surface area contributed by atoms with Crippen molar-refractivity contribution in [2.45, 2.75) is 43.9 Å². The molecule has 23 heavy (non-hydrogen) atoms. The lowest BCUT2D eigenvalue weighted by Gasteiger charge is -2.31. The van der Waals surface area contributed by atoms with E-state index in [1.807, 2.05) is 17.5 Å². The molecule has 2 saturated heterocycles. The Morgan fingerprint density at radius 3 is 3.17 bits per heavy atom. The van der Waals surface area contributed by atoms with Gasteiger partial charge in [0.05, 0.1) is 6.54 Å². The second kappa shape index (κ2) is 7.42. The van der Waals surface area contributed by atoms with E-state index in [4.69, 9.17) is 0 Å². The van der Waals surface area contributed by atoms with Gasteiger partial charge in [-0.2, -0.15) is 0 Å². The summed E-state index contributed by atoms with van der Waals surface area (Å²) in [4.78, 5) is 27.6. The zero-order chi connectivity index (χ0) is 16.2. The predicted octanol–water partition coefficient (Wildman–Crippen LogP) is 0.305. The van der Waals surface area contributed by atoms with Gasteiger partial charge in [-0.1, -0.05) is 6.07 Å². The molecule has 2 aliphatic rings. The van der Waals surface area contributed by atoms with Crippen LogP contribution in [0.1, 0.15) is 24.1 Å². The fourth-order valence-electron chi connectivity index (χ4n) is 3.43. The Hall–Kier alpha value is -1.44. The lowest BCUT2D eigenvalue weighted by molar-refractivity contribution is -0.123. The highest BCUT2D eigenvalue weighted by Gasteiger charge is 2.40. The topological polar surface area (TPSA) is 73.5 Å². The fourth-order valence-corrected chi connectivity index (χ4v) is 4.07. The highest BCUT2D eigenvalue weighted by molar-refractivity contribution is 7.09. The van der Waals surface area contributed by atoms with E-state index in [2.05, 4.69) is 27.9 Å². The normalized spacial score (nSPS) is 28.0. The van der Waals surface area contributed by atoms with E-state index in [1.54, 1.807) is 11.3 Å². The molecule has 0 saturated carbocycles. The molecule has 1 aromatic heterocycles. The molecule has 3 N–H and O–H groups in total. The van der Waals surface area contributed by atoms with Crippen molar-refractivity contribution in [3.63, 3.8) is 0 Å². The van der Waals surface area contributed by atoms with E-state index in [1.165, 1.54) is 0 Å². The molecular weight excluding hydrogens is 312 g/mol. The number of thiophene rings is 1. The van der Waals surface area contributed by atoms with Crippen LogP contribution in [-0.2, 0) is 16.1 Å². The number of nitrogens with zero attached hydrogens (tertiary/aromatic N) is 1. The zero-order valence-corrected chi connectivity index (χ0v) is 14.2. The molecule has 1 aromatic rings. The SMILES string of the molecule is CN1[C@@H](CCC(=O)NCc2cccs2)CNC(=O)[C@H]2NCC[C@H]21. The molecule has 0 bridgehead atoms. The Morgan fingerprint density at radius 1 is 1.52 bits per heavy atom. The molecule has 126 valence electrons. The van der Waals surface area contributed by atoms with Crippen molar-refractivity contribution in [2.75, 3.05) is 20.1 Å². The van der Waals surface area contributed by atoms with Crippen LogP contribution in [0.25, 0.3) is 0 Å². The first kappa shape index (κ1) is 16.4. The molecule has 2 aliphatic heterocycles. The van der Waals surface area contributed by atoms with Gasteiger partial charge in [0, 0.05) is 29.9 Å². The number of carbonyl (C=O) groups excluding carboxylic acids is 2. The van der Waals surface area contributed by atoms with Gasteiger partial charge in [0.2, 0.25) is 11.8 Å². The van der Waals surface area contributed by atoms with Gasteiger partial charge in [0.25, 0.3) is 0 Å². The minimum Gasteiger partial charge on any atom is -0.353 e. The van der Waals surface area contributed by atoms with Crippen LogP contribution in [0.15, 0.2) is 17.5 Å². The first-order chi connectivity index (χ1) is 11.1. The van der Waals surface area contributed by atoms with Crippen LogP contribution in [-0.4, -0.2) is 55.0 Å². The Balaban J connectivity index is 1.48. The average molecular weight is 336 g/mol. The number of likely N-dealkylation sites (N-methyl/N-ethyl adjacent to an activating group) is 1. The van der Waals surface area contributed by atoms with Crippen LogP contribution < -0.4 is 16.0 Å². The molecule has 7 heteroatoms. The third-order valence-corrected chi connectivity index (χ3v) is 5.70. The van der Waals surface area contributed by atoms with Gasteiger partial charge in [-0.15, -0.1) is 11.3 Å². The quantitative estimate of drug-likeness (QED) is 0.723. The van der Waals surface area contributed by atoms with E-state index in [9.17, 15) is 9.59 Å². The van der Waals surface area contributed by atoms with Crippen LogP contribution in [0.3, 0.4) is 0 Å². The molecule has 0 aliphatic carbocycles. The summed E-state index contributed by atoms with van der Waals surface area (Å²) in [5, 5.41) is 11.2. The summed E-state index contributed by atoms with van der Waals surface area (Å²) >= 11 is 1.65. The summed E-state index contributed by atoms with van der Waals surface area (Å²) < 4.78 is 0. The summed E-state index contributed by atoms with van der Waals surface area (Å²) in [6.45, 7) is 2.09. The lowest BCUT2D eigenvalue weighted by Crippen LogP contribution is -2.48. The van der Waals surface area contributed by atoms with Crippen molar-refractivity contribution in [1.82, 2.24) is 20.9 Å². The number of hydrogen-bond acceptors (Lipinski definition) is 5. The molecule has 3 atom stereocenters. The standard InChI is InChI=1S/C16H24N4O2S/c1-20-11(9-19-16(22)15-13(20)6-7-17-15)4-5-14(21)18-10-12-3-2-8-23-12/h2-3,8,11,13,15,17H,4-7,9-10H2,1H3,(H,18,21)(H,19,22)/t11-,13+,15-/m0/s1. The molecular formula is C16H24N4O2S. The molecule has 0 unspecified atom stereocenters. The third kappa shape index (κ3) is 3.91. The van der Waals surface area contributed by atoms with E-state index < -0.39 is 0 Å². The first-order valence-electron chi connectivity index (χ1n) is 8.17. The molecule has 2 amide bonds. The Labute approximate surface area is 140 Å². The van der Waals surface area contributed by atoms with Gasteiger partial charge in [0.1, 0.15) is 6.04 Å². The monoisotopic (exact) mass is 336 g/mol. The van der Waals surface area contributed by atoms with Gasteiger partial charge in [0.15, 0.2) is 0 Å². The van der Waals surface area contributed by atoms with Gasteiger partial charge in [-0.25, -0.2) is 0 Å². The van der Waals surface area contributed by atoms with Gasteiger partial charge in [-0.3, -0.25) is 14.5 Å². The Morgan fingerprint density at radius 2 is 2.39 bits per heavy atom. The number of fused-ring (bicyclic) bond motifs is 1. The molecule has 0 radical (unpaired) electrons. The van der Waals surface area contributed by atoms with E-state index in [0.29, 0.717) is 19.5 Å². The van der Waals surface area contributed by atoms with Crippen molar-refractivity contribution in [2.24, 2.45) is 0 Å². The maximum atomic E-state index is 12.1. The predicted molar refractivity (Wildman–Crippen MR) is 90.2 cm³/mol. The minimum atomic E-state index is -0.113. The summed E-state index contributed by atoms with van der Waals surface area (Å²) in [6.07, 6.45) is 2.23. The van der Waals surface area contributed by atoms with Crippen LogP contribution in [0.2, 0.25) is 0 Å². The molecule has 6 nitrogen and oxygen atoms in total. The van der Waals surface area contributed by atoms with Crippen LogP contribution >= 0.6 is 11.3 Å². The lowest BCUT2D eigenvalue weighted by atomic mass is 10.0. The van der Waals surface area contributed by atoms with Crippen molar-refractivity contribution in [1.29, 1.82) is 0 Å². The average Bonchev–Trinajstić information content (AvgIpc) is 3.21. The number of nitrogens with one attached hydrogen (secondary N) is 3. The first-order valence-corrected chi connectivity index (χ1v) is 9.05. The molecule has 3 heterocycles. The molecule has 2 fully saturated rings. The number of amides is 2. The number of rotatable bonds is 5. The molecule has 3 rings (SSSR count). The second-order valence-electron chi connectivity index (χ2n) is 6.25.